The van der Waals surface area contributed by atoms with E-state index in [1.807, 2.05) is 4.57 Å². The van der Waals surface area contributed by atoms with Crippen LogP contribution < -0.4 is 5.32 Å². The highest BCUT2D eigenvalue weighted by molar-refractivity contribution is 5.78. The van der Waals surface area contributed by atoms with Gasteiger partial charge in [0.15, 0.2) is 5.82 Å². The van der Waals surface area contributed by atoms with Gasteiger partial charge in [-0.2, -0.15) is 0 Å². The van der Waals surface area contributed by atoms with E-state index in [1.165, 1.54) is 32.1 Å². The lowest BCUT2D eigenvalue weighted by molar-refractivity contribution is -0.123. The van der Waals surface area contributed by atoms with Crippen molar-refractivity contribution >= 4 is 5.91 Å². The van der Waals surface area contributed by atoms with Gasteiger partial charge in [-0.1, -0.05) is 19.3 Å². The summed E-state index contributed by atoms with van der Waals surface area (Å²) in [5.41, 5.74) is 0. The highest BCUT2D eigenvalue weighted by Gasteiger charge is 2.35. The second kappa shape index (κ2) is 10.1. The molecule has 0 bridgehead atoms. The Labute approximate surface area is 161 Å². The molecular weight excluding hydrogens is 346 g/mol. The summed E-state index contributed by atoms with van der Waals surface area (Å²) >= 11 is 0. The molecule has 8 nitrogen and oxygen atoms in total. The van der Waals surface area contributed by atoms with E-state index >= 15 is 0 Å². The van der Waals surface area contributed by atoms with E-state index in [9.17, 15) is 9.90 Å². The van der Waals surface area contributed by atoms with Crippen molar-refractivity contribution in [2.75, 3.05) is 33.4 Å². The molecule has 1 saturated carbocycles. The molecule has 2 fully saturated rings. The first kappa shape index (κ1) is 20.2. The fourth-order valence-corrected chi connectivity index (χ4v) is 4.09. The molecule has 2 N–H and O–H groups in total. The third kappa shape index (κ3) is 5.49. The third-order valence-electron chi connectivity index (χ3n) is 5.70. The van der Waals surface area contributed by atoms with E-state index in [4.69, 9.17) is 4.74 Å². The zero-order valence-electron chi connectivity index (χ0n) is 16.4. The smallest absolute Gasteiger partial charge is 0.234 e. The van der Waals surface area contributed by atoms with Crippen LogP contribution in [0.5, 0.6) is 0 Å². The molecule has 0 spiro atoms. The van der Waals surface area contributed by atoms with Gasteiger partial charge in [-0.3, -0.25) is 9.69 Å². The lowest BCUT2D eigenvalue weighted by Crippen LogP contribution is -2.48. The molecule has 2 heterocycles. The molecule has 1 aromatic rings. The summed E-state index contributed by atoms with van der Waals surface area (Å²) in [7, 11) is 1.66. The zero-order chi connectivity index (χ0) is 19.1. The lowest BCUT2D eigenvalue weighted by Gasteiger charge is -2.36. The van der Waals surface area contributed by atoms with Crippen molar-refractivity contribution in [1.82, 2.24) is 25.0 Å². The fourth-order valence-electron chi connectivity index (χ4n) is 4.09. The number of hydrogen-bond donors (Lipinski definition) is 2. The Morgan fingerprint density at radius 3 is 2.56 bits per heavy atom. The number of aromatic nitrogens is 3. The molecule has 1 saturated heterocycles. The maximum atomic E-state index is 12.4. The van der Waals surface area contributed by atoms with E-state index in [1.54, 1.807) is 7.11 Å². The van der Waals surface area contributed by atoms with Gasteiger partial charge in [0.2, 0.25) is 5.91 Å². The standard InChI is InChI=1S/C19H33N5O3/c1-27-10-9-24-17(14-25)21-22-19(24)15-11-16(12-15)20-18(26)13-23-7-5-3-2-4-6-8-23/h15-16,25H,2-14H2,1H3,(H,20,26). The van der Waals surface area contributed by atoms with Crippen LogP contribution in [0.2, 0.25) is 0 Å². The summed E-state index contributed by atoms with van der Waals surface area (Å²) in [4.78, 5) is 14.7. The van der Waals surface area contributed by atoms with Crippen LogP contribution in [0.15, 0.2) is 0 Å². The predicted octanol–water partition coefficient (Wildman–Crippen LogP) is 1.05. The van der Waals surface area contributed by atoms with Crippen LogP contribution >= 0.6 is 0 Å². The summed E-state index contributed by atoms with van der Waals surface area (Å²) in [6.45, 7) is 3.65. The minimum absolute atomic E-state index is 0.126. The number of carbonyl (C=O) groups is 1. The summed E-state index contributed by atoms with van der Waals surface area (Å²) in [6.07, 6.45) is 8.04. The number of rotatable bonds is 8. The summed E-state index contributed by atoms with van der Waals surface area (Å²) in [5, 5.41) is 21.0. The Morgan fingerprint density at radius 1 is 1.19 bits per heavy atom. The fraction of sp³-hybridized carbons (Fsp3) is 0.842. The monoisotopic (exact) mass is 379 g/mol. The van der Waals surface area contributed by atoms with E-state index in [0.717, 1.165) is 31.8 Å². The number of nitrogens with one attached hydrogen (secondary N) is 1. The van der Waals surface area contributed by atoms with Gasteiger partial charge in [0.25, 0.3) is 0 Å². The number of aliphatic hydroxyl groups is 1. The van der Waals surface area contributed by atoms with Crippen LogP contribution in [0.4, 0.5) is 0 Å². The van der Waals surface area contributed by atoms with Crippen molar-refractivity contribution in [1.29, 1.82) is 0 Å². The second-order valence-corrected chi connectivity index (χ2v) is 7.75. The van der Waals surface area contributed by atoms with Gasteiger partial charge >= 0.3 is 0 Å². The quantitative estimate of drug-likeness (QED) is 0.701. The highest BCUT2D eigenvalue weighted by Crippen LogP contribution is 2.36. The number of ether oxygens (including phenoxy) is 1. The predicted molar refractivity (Wildman–Crippen MR) is 101 cm³/mol. The van der Waals surface area contributed by atoms with Gasteiger partial charge in [-0.15, -0.1) is 10.2 Å². The van der Waals surface area contributed by atoms with Crippen molar-refractivity contribution in [2.24, 2.45) is 0 Å². The molecule has 1 amide bonds. The molecule has 152 valence electrons. The van der Waals surface area contributed by atoms with Crippen molar-refractivity contribution < 1.29 is 14.6 Å². The van der Waals surface area contributed by atoms with Gasteiger partial charge < -0.3 is 19.7 Å². The van der Waals surface area contributed by atoms with Crippen LogP contribution in [-0.2, 0) is 22.7 Å². The van der Waals surface area contributed by atoms with Crippen molar-refractivity contribution in [3.05, 3.63) is 11.6 Å². The van der Waals surface area contributed by atoms with Crippen molar-refractivity contribution in [2.45, 2.75) is 70.1 Å². The Bertz CT molecular complexity index is 592. The van der Waals surface area contributed by atoms with E-state index in [-0.39, 0.29) is 24.5 Å². The number of likely N-dealkylation sites (tertiary alicyclic amines) is 1. The summed E-state index contributed by atoms with van der Waals surface area (Å²) < 4.78 is 7.09. The number of nitrogens with zero attached hydrogens (tertiary/aromatic N) is 4. The molecule has 8 heteroatoms. The van der Waals surface area contributed by atoms with E-state index < -0.39 is 0 Å². The SMILES string of the molecule is COCCn1c(CO)nnc1C1CC(NC(=O)CN2CCCCCCC2)C1. The summed E-state index contributed by atoms with van der Waals surface area (Å²) in [5.74, 6) is 1.88. The molecule has 3 rings (SSSR count). The Morgan fingerprint density at radius 2 is 1.89 bits per heavy atom. The number of hydrogen-bond acceptors (Lipinski definition) is 6. The molecule has 2 aliphatic rings. The van der Waals surface area contributed by atoms with E-state index in [0.29, 0.717) is 25.5 Å². The van der Waals surface area contributed by atoms with Gasteiger partial charge in [0.05, 0.1) is 13.2 Å². The third-order valence-corrected chi connectivity index (χ3v) is 5.70. The average Bonchev–Trinajstić information content (AvgIpc) is 3.00. The number of methoxy groups -OCH3 is 1. The molecule has 1 aromatic heterocycles. The van der Waals surface area contributed by atoms with Gasteiger partial charge in [0, 0.05) is 25.6 Å². The highest BCUT2D eigenvalue weighted by atomic mass is 16.5. The van der Waals surface area contributed by atoms with Crippen LogP contribution in [0.3, 0.4) is 0 Å². The maximum Gasteiger partial charge on any atom is 0.234 e. The van der Waals surface area contributed by atoms with Crippen molar-refractivity contribution in [3.8, 4) is 0 Å². The Balaban J connectivity index is 1.45. The summed E-state index contributed by atoms with van der Waals surface area (Å²) in [6, 6.07) is 0.211. The largest absolute Gasteiger partial charge is 0.388 e. The van der Waals surface area contributed by atoms with Gasteiger partial charge in [-0.05, 0) is 38.8 Å². The van der Waals surface area contributed by atoms with E-state index in [2.05, 4.69) is 20.4 Å². The Hall–Kier alpha value is -1.51. The first-order chi connectivity index (χ1) is 13.2. The van der Waals surface area contributed by atoms with Crippen LogP contribution in [0, 0.1) is 0 Å². The van der Waals surface area contributed by atoms with Crippen LogP contribution in [0.1, 0.15) is 62.5 Å². The molecule has 1 aliphatic carbocycles. The first-order valence-corrected chi connectivity index (χ1v) is 10.2. The van der Waals surface area contributed by atoms with Gasteiger partial charge in [-0.25, -0.2) is 0 Å². The first-order valence-electron chi connectivity index (χ1n) is 10.2. The minimum atomic E-state index is -0.126. The maximum absolute atomic E-state index is 12.4. The normalized spacial score (nSPS) is 24.1. The lowest BCUT2D eigenvalue weighted by atomic mass is 9.79. The molecular formula is C19H33N5O3. The second-order valence-electron chi connectivity index (χ2n) is 7.75. The Kier molecular flexibility index (Phi) is 7.60. The number of carbonyl (C=O) groups excluding carboxylic acids is 1. The topological polar surface area (TPSA) is 92.5 Å². The zero-order valence-corrected chi connectivity index (χ0v) is 16.4. The molecule has 27 heavy (non-hydrogen) atoms. The molecule has 0 unspecified atom stereocenters. The van der Waals surface area contributed by atoms with Crippen molar-refractivity contribution in [3.63, 3.8) is 0 Å². The molecule has 0 aromatic carbocycles. The number of aliphatic hydroxyl groups excluding tert-OH is 1. The van der Waals surface area contributed by atoms with Gasteiger partial charge in [0.1, 0.15) is 12.4 Å². The average molecular weight is 380 g/mol. The molecule has 1 aliphatic heterocycles. The van der Waals surface area contributed by atoms with Crippen LogP contribution in [0.25, 0.3) is 0 Å². The number of amides is 1. The molecule has 0 radical (unpaired) electrons. The molecule has 0 atom stereocenters. The minimum Gasteiger partial charge on any atom is -0.388 e. The van der Waals surface area contributed by atoms with Crippen LogP contribution in [-0.4, -0.2) is 70.1 Å².